The van der Waals surface area contributed by atoms with Gasteiger partial charge in [0.1, 0.15) is 12.0 Å². The molecule has 0 spiro atoms. The van der Waals surface area contributed by atoms with Crippen molar-refractivity contribution in [2.75, 3.05) is 5.75 Å². The second-order valence-electron chi connectivity index (χ2n) is 1.50. The van der Waals surface area contributed by atoms with E-state index in [4.69, 9.17) is 0 Å². The van der Waals surface area contributed by atoms with Crippen molar-refractivity contribution in [1.29, 1.82) is 0 Å². The molecule has 0 saturated heterocycles. The SMILES string of the molecule is C=CC(=O)OS(=O)(=O)CC=O. The second kappa shape index (κ2) is 3.87. The van der Waals surface area contributed by atoms with E-state index >= 15 is 0 Å². The molecule has 5 nitrogen and oxygen atoms in total. The Bertz CT molecular complexity index is 263. The van der Waals surface area contributed by atoms with Crippen LogP contribution in [0.25, 0.3) is 0 Å². The standard InChI is InChI=1S/C5H6O5S/c1-2-5(7)10-11(8,9)4-3-6/h2-3H,1,4H2. The lowest BCUT2D eigenvalue weighted by Crippen LogP contribution is -2.14. The van der Waals surface area contributed by atoms with Gasteiger partial charge < -0.3 is 8.98 Å². The molecule has 0 atom stereocenters. The fraction of sp³-hybridized carbons (Fsp3) is 0.200. The monoisotopic (exact) mass is 178 g/mol. The zero-order chi connectivity index (χ0) is 8.91. The molecule has 62 valence electrons. The van der Waals surface area contributed by atoms with Crippen LogP contribution >= 0.6 is 0 Å². The summed E-state index contributed by atoms with van der Waals surface area (Å²) in [6.07, 6.45) is 0.827. The van der Waals surface area contributed by atoms with Gasteiger partial charge in [0.15, 0.2) is 0 Å². The largest absolute Gasteiger partial charge is 0.345 e. The molecule has 0 bridgehead atoms. The van der Waals surface area contributed by atoms with Crippen molar-refractivity contribution in [1.82, 2.24) is 0 Å². The number of carbonyl (C=O) groups is 2. The molecule has 0 aliphatic heterocycles. The second-order valence-corrected chi connectivity index (χ2v) is 3.11. The highest BCUT2D eigenvalue weighted by Crippen LogP contribution is 1.91. The van der Waals surface area contributed by atoms with Gasteiger partial charge in [0.2, 0.25) is 0 Å². The summed E-state index contributed by atoms with van der Waals surface area (Å²) in [4.78, 5) is 20.0. The minimum Gasteiger partial charge on any atom is -0.341 e. The predicted molar refractivity (Wildman–Crippen MR) is 36.1 cm³/mol. The Morgan fingerprint density at radius 2 is 2.09 bits per heavy atom. The number of aldehydes is 1. The molecular formula is C5H6O5S. The average Bonchev–Trinajstić information content (AvgIpc) is 1.86. The summed E-state index contributed by atoms with van der Waals surface area (Å²) in [6, 6.07) is 0. The lowest BCUT2D eigenvalue weighted by atomic mass is 10.7. The Morgan fingerprint density at radius 1 is 1.55 bits per heavy atom. The smallest absolute Gasteiger partial charge is 0.341 e. The number of hydrogen-bond donors (Lipinski definition) is 0. The fourth-order valence-electron chi connectivity index (χ4n) is 0.277. The van der Waals surface area contributed by atoms with Gasteiger partial charge in [0.25, 0.3) is 0 Å². The molecule has 0 fully saturated rings. The van der Waals surface area contributed by atoms with Crippen LogP contribution in [0.4, 0.5) is 0 Å². The molecule has 6 heteroatoms. The van der Waals surface area contributed by atoms with E-state index in [2.05, 4.69) is 10.8 Å². The molecule has 0 aromatic rings. The first kappa shape index (κ1) is 9.83. The van der Waals surface area contributed by atoms with Gasteiger partial charge in [-0.25, -0.2) is 4.79 Å². The van der Waals surface area contributed by atoms with E-state index in [-0.39, 0.29) is 6.29 Å². The molecular weight excluding hydrogens is 172 g/mol. The summed E-state index contributed by atoms with van der Waals surface area (Å²) in [6.45, 7) is 2.98. The number of rotatable bonds is 4. The summed E-state index contributed by atoms with van der Waals surface area (Å²) < 4.78 is 24.8. The van der Waals surface area contributed by atoms with Gasteiger partial charge in [0, 0.05) is 6.08 Å². The first-order valence-electron chi connectivity index (χ1n) is 2.54. The normalized spacial score (nSPS) is 10.2. The summed E-state index contributed by atoms with van der Waals surface area (Å²) in [5.74, 6) is -1.92. The maximum absolute atomic E-state index is 10.5. The maximum atomic E-state index is 10.5. The highest BCUT2D eigenvalue weighted by Gasteiger charge is 2.13. The van der Waals surface area contributed by atoms with E-state index in [0.29, 0.717) is 6.08 Å². The van der Waals surface area contributed by atoms with E-state index in [0.717, 1.165) is 0 Å². The van der Waals surface area contributed by atoms with Crippen molar-refractivity contribution in [3.05, 3.63) is 12.7 Å². The van der Waals surface area contributed by atoms with Crippen LogP contribution in [-0.2, 0) is 23.9 Å². The van der Waals surface area contributed by atoms with Crippen molar-refractivity contribution >= 4 is 22.4 Å². The third-order valence-corrected chi connectivity index (χ3v) is 1.61. The summed E-state index contributed by atoms with van der Waals surface area (Å²) in [7, 11) is -4.03. The first-order valence-corrected chi connectivity index (χ1v) is 4.12. The maximum Gasteiger partial charge on any atom is 0.345 e. The van der Waals surface area contributed by atoms with Crippen LogP contribution in [0.15, 0.2) is 12.7 Å². The Hall–Kier alpha value is -1.17. The van der Waals surface area contributed by atoms with Crippen LogP contribution in [0.1, 0.15) is 0 Å². The van der Waals surface area contributed by atoms with Crippen molar-refractivity contribution < 1.29 is 22.2 Å². The minimum absolute atomic E-state index is 0.131. The molecule has 0 rings (SSSR count). The average molecular weight is 178 g/mol. The van der Waals surface area contributed by atoms with Crippen LogP contribution in [-0.4, -0.2) is 26.4 Å². The quantitative estimate of drug-likeness (QED) is 0.321. The first-order chi connectivity index (χ1) is 5.02. The molecule has 0 saturated carbocycles. The van der Waals surface area contributed by atoms with Crippen LogP contribution in [0, 0.1) is 0 Å². The highest BCUT2D eigenvalue weighted by molar-refractivity contribution is 7.87. The zero-order valence-corrected chi connectivity index (χ0v) is 6.33. The van der Waals surface area contributed by atoms with E-state index in [9.17, 15) is 18.0 Å². The minimum atomic E-state index is -4.03. The summed E-state index contributed by atoms with van der Waals surface area (Å²) in [5.41, 5.74) is 0. The lowest BCUT2D eigenvalue weighted by Gasteiger charge is -1.96. The van der Waals surface area contributed by atoms with Crippen molar-refractivity contribution in [2.45, 2.75) is 0 Å². The van der Waals surface area contributed by atoms with Gasteiger partial charge in [-0.2, -0.15) is 8.42 Å². The fourth-order valence-corrected chi connectivity index (χ4v) is 0.830. The van der Waals surface area contributed by atoms with E-state index < -0.39 is 21.8 Å². The summed E-state index contributed by atoms with van der Waals surface area (Å²) >= 11 is 0. The molecule has 0 unspecified atom stereocenters. The number of hydrogen-bond acceptors (Lipinski definition) is 5. The van der Waals surface area contributed by atoms with E-state index in [1.807, 2.05) is 0 Å². The molecule has 0 amide bonds. The number of carbonyl (C=O) groups excluding carboxylic acids is 2. The third kappa shape index (κ3) is 4.26. The molecule has 0 heterocycles. The van der Waals surface area contributed by atoms with Crippen LogP contribution in [0.5, 0.6) is 0 Å². The molecule has 11 heavy (non-hydrogen) atoms. The molecule has 0 aromatic carbocycles. The van der Waals surface area contributed by atoms with E-state index in [1.54, 1.807) is 0 Å². The van der Waals surface area contributed by atoms with Gasteiger partial charge in [-0.15, -0.1) is 0 Å². The van der Waals surface area contributed by atoms with Crippen LogP contribution in [0.2, 0.25) is 0 Å². The zero-order valence-electron chi connectivity index (χ0n) is 5.52. The van der Waals surface area contributed by atoms with Gasteiger partial charge in [-0.1, -0.05) is 6.58 Å². The van der Waals surface area contributed by atoms with Gasteiger partial charge in [0.05, 0.1) is 0 Å². The van der Waals surface area contributed by atoms with Crippen molar-refractivity contribution in [2.24, 2.45) is 0 Å². The topological polar surface area (TPSA) is 77.5 Å². The van der Waals surface area contributed by atoms with Crippen molar-refractivity contribution in [3.8, 4) is 0 Å². The summed E-state index contributed by atoms with van der Waals surface area (Å²) in [5, 5.41) is 0. The predicted octanol–water partition coefficient (Wildman–Crippen LogP) is -0.756. The van der Waals surface area contributed by atoms with Gasteiger partial charge in [-0.05, 0) is 0 Å². The Labute approximate surface area is 63.8 Å². The Morgan fingerprint density at radius 3 is 2.45 bits per heavy atom. The Kier molecular flexibility index (Phi) is 3.46. The van der Waals surface area contributed by atoms with Gasteiger partial charge >= 0.3 is 16.1 Å². The Balaban J connectivity index is 4.24. The molecule has 0 N–H and O–H groups in total. The van der Waals surface area contributed by atoms with Crippen molar-refractivity contribution in [3.63, 3.8) is 0 Å². The molecule has 0 radical (unpaired) electrons. The van der Waals surface area contributed by atoms with Gasteiger partial charge in [-0.3, -0.25) is 0 Å². The lowest BCUT2D eigenvalue weighted by molar-refractivity contribution is -0.128. The molecule has 0 aliphatic carbocycles. The third-order valence-electron chi connectivity index (χ3n) is 0.648. The van der Waals surface area contributed by atoms with Crippen LogP contribution in [0.3, 0.4) is 0 Å². The van der Waals surface area contributed by atoms with E-state index in [1.165, 1.54) is 0 Å². The molecule has 0 aromatic heterocycles. The van der Waals surface area contributed by atoms with Crippen LogP contribution < -0.4 is 0 Å². The highest BCUT2D eigenvalue weighted by atomic mass is 32.2. The molecule has 0 aliphatic rings.